The zero-order valence-corrected chi connectivity index (χ0v) is 12.2. The van der Waals surface area contributed by atoms with Crippen molar-refractivity contribution >= 4 is 5.91 Å². The topological polar surface area (TPSA) is 46.3 Å². The molecular weight excluding hydrogens is 255 g/mol. The number of rotatable bonds is 4. The van der Waals surface area contributed by atoms with Gasteiger partial charge in [0, 0.05) is 12.0 Å². The van der Waals surface area contributed by atoms with Crippen LogP contribution >= 0.6 is 0 Å². The minimum Gasteiger partial charge on any atom is -0.369 e. The van der Waals surface area contributed by atoms with Crippen LogP contribution in [0, 0.1) is 17.7 Å². The Morgan fingerprint density at radius 1 is 1.30 bits per heavy atom. The highest BCUT2D eigenvalue weighted by Gasteiger charge is 2.31. The third kappa shape index (κ3) is 3.37. The molecule has 2 rings (SSSR count). The summed E-state index contributed by atoms with van der Waals surface area (Å²) in [5.41, 5.74) is 6.39. The number of hydrogen-bond donors (Lipinski definition) is 1. The van der Waals surface area contributed by atoms with Gasteiger partial charge in [0.05, 0.1) is 0 Å². The Kier molecular flexibility index (Phi) is 4.76. The molecule has 1 saturated carbocycles. The Morgan fingerprint density at radius 3 is 2.45 bits per heavy atom. The molecule has 1 aromatic rings. The summed E-state index contributed by atoms with van der Waals surface area (Å²) >= 11 is 0. The van der Waals surface area contributed by atoms with E-state index in [0.717, 1.165) is 31.2 Å². The first-order chi connectivity index (χ1) is 9.49. The summed E-state index contributed by atoms with van der Waals surface area (Å²) in [6.07, 6.45) is 3.62. The Morgan fingerprint density at radius 2 is 1.95 bits per heavy atom. The number of carbonyl (C=O) groups excluding carboxylic acids is 1. The van der Waals surface area contributed by atoms with E-state index in [1.807, 2.05) is 20.2 Å². The molecule has 0 bridgehead atoms. The van der Waals surface area contributed by atoms with Crippen LogP contribution in [0.1, 0.15) is 37.3 Å². The molecule has 0 radical (unpaired) electrons. The molecule has 0 spiro atoms. The van der Waals surface area contributed by atoms with Gasteiger partial charge in [0.2, 0.25) is 5.91 Å². The van der Waals surface area contributed by atoms with Crippen LogP contribution in [0.2, 0.25) is 0 Å². The highest BCUT2D eigenvalue weighted by molar-refractivity contribution is 5.76. The van der Waals surface area contributed by atoms with Gasteiger partial charge in [-0.05, 0) is 63.4 Å². The second kappa shape index (κ2) is 6.35. The summed E-state index contributed by atoms with van der Waals surface area (Å²) in [6, 6.07) is 7.02. The molecule has 1 aromatic carbocycles. The Hall–Kier alpha value is -1.42. The summed E-state index contributed by atoms with van der Waals surface area (Å²) in [4.78, 5) is 13.4. The minimum absolute atomic E-state index is 0.0153. The van der Waals surface area contributed by atoms with Crippen molar-refractivity contribution in [2.45, 2.75) is 31.7 Å². The third-order valence-electron chi connectivity index (χ3n) is 4.37. The fraction of sp³-hybridized carbons (Fsp3) is 0.562. The van der Waals surface area contributed by atoms with E-state index in [1.165, 1.54) is 6.07 Å². The van der Waals surface area contributed by atoms with E-state index in [4.69, 9.17) is 5.73 Å². The van der Waals surface area contributed by atoms with Crippen LogP contribution in [0.5, 0.6) is 0 Å². The van der Waals surface area contributed by atoms with Crippen LogP contribution in [0.4, 0.5) is 4.39 Å². The molecular formula is C16H23FN2O. The van der Waals surface area contributed by atoms with Gasteiger partial charge >= 0.3 is 0 Å². The molecule has 4 heteroatoms. The number of nitrogens with zero attached hydrogens (tertiary/aromatic N) is 1. The number of benzene rings is 1. The monoisotopic (exact) mass is 278 g/mol. The number of halogens is 1. The molecule has 3 nitrogen and oxygen atoms in total. The number of nitrogens with two attached hydrogens (primary N) is 1. The quantitative estimate of drug-likeness (QED) is 0.920. The summed E-state index contributed by atoms with van der Waals surface area (Å²) < 4.78 is 13.4. The number of amides is 1. The molecule has 0 aromatic heterocycles. The van der Waals surface area contributed by atoms with Gasteiger partial charge in [0.15, 0.2) is 0 Å². The van der Waals surface area contributed by atoms with Crippen LogP contribution < -0.4 is 5.73 Å². The maximum atomic E-state index is 13.4. The lowest BCUT2D eigenvalue weighted by Crippen LogP contribution is -2.33. The molecule has 1 amide bonds. The Labute approximate surface area is 120 Å². The van der Waals surface area contributed by atoms with Crippen molar-refractivity contribution in [3.05, 3.63) is 35.6 Å². The van der Waals surface area contributed by atoms with Crippen LogP contribution in [0.3, 0.4) is 0 Å². The lowest BCUT2D eigenvalue weighted by Gasteiger charge is -2.37. The van der Waals surface area contributed by atoms with E-state index in [0.29, 0.717) is 5.92 Å². The summed E-state index contributed by atoms with van der Waals surface area (Å²) in [6.45, 7) is 0. The van der Waals surface area contributed by atoms with Gasteiger partial charge in [-0.25, -0.2) is 4.39 Å². The van der Waals surface area contributed by atoms with Crippen LogP contribution in [-0.4, -0.2) is 24.9 Å². The number of primary amides is 1. The lowest BCUT2D eigenvalue weighted by molar-refractivity contribution is -0.123. The van der Waals surface area contributed by atoms with Crippen molar-refractivity contribution in [3.63, 3.8) is 0 Å². The van der Waals surface area contributed by atoms with Gasteiger partial charge in [0.1, 0.15) is 5.82 Å². The summed E-state index contributed by atoms with van der Waals surface area (Å²) in [5.74, 6) is 0.0831. The predicted molar refractivity (Wildman–Crippen MR) is 77.5 cm³/mol. The minimum atomic E-state index is -0.194. The van der Waals surface area contributed by atoms with Gasteiger partial charge in [-0.2, -0.15) is 0 Å². The largest absolute Gasteiger partial charge is 0.369 e. The van der Waals surface area contributed by atoms with Crippen molar-refractivity contribution in [2.24, 2.45) is 17.6 Å². The smallest absolute Gasteiger partial charge is 0.220 e. The van der Waals surface area contributed by atoms with Crippen LogP contribution in [-0.2, 0) is 4.79 Å². The molecule has 1 aliphatic carbocycles. The normalized spacial score (nSPS) is 24.6. The Bertz CT molecular complexity index is 467. The van der Waals surface area contributed by atoms with Crippen LogP contribution in [0.15, 0.2) is 24.3 Å². The zero-order chi connectivity index (χ0) is 14.7. The summed E-state index contributed by atoms with van der Waals surface area (Å²) in [7, 11) is 4.05. The standard InChI is InChI=1S/C16H23FN2O/c1-19(2)15(13-4-3-5-14(17)10-13)11-6-8-12(9-7-11)16(18)20/h3-5,10-12,15H,6-9H2,1-2H3,(H2,18,20). The van der Waals surface area contributed by atoms with Crippen molar-refractivity contribution in [2.75, 3.05) is 14.1 Å². The SMILES string of the molecule is CN(C)C(c1cccc(F)c1)C1CCC(C(N)=O)CC1. The summed E-state index contributed by atoms with van der Waals surface area (Å²) in [5, 5.41) is 0. The molecule has 1 aliphatic rings. The fourth-order valence-corrected chi connectivity index (χ4v) is 3.40. The molecule has 0 aliphatic heterocycles. The average Bonchev–Trinajstić information content (AvgIpc) is 2.39. The van der Waals surface area contributed by atoms with E-state index in [-0.39, 0.29) is 23.7 Å². The number of hydrogen-bond acceptors (Lipinski definition) is 2. The van der Waals surface area contributed by atoms with Gasteiger partial charge in [-0.1, -0.05) is 12.1 Å². The first kappa shape index (κ1) is 15.0. The Balaban J connectivity index is 2.13. The first-order valence-electron chi connectivity index (χ1n) is 7.20. The second-order valence-electron chi connectivity index (χ2n) is 5.98. The lowest BCUT2D eigenvalue weighted by atomic mass is 9.76. The third-order valence-corrected chi connectivity index (χ3v) is 4.37. The van der Waals surface area contributed by atoms with Gasteiger partial charge in [-0.15, -0.1) is 0 Å². The number of carbonyl (C=O) groups is 1. The van der Waals surface area contributed by atoms with Crippen molar-refractivity contribution < 1.29 is 9.18 Å². The average molecular weight is 278 g/mol. The molecule has 0 saturated heterocycles. The van der Waals surface area contributed by atoms with Crippen molar-refractivity contribution in [1.29, 1.82) is 0 Å². The first-order valence-corrected chi connectivity index (χ1v) is 7.20. The zero-order valence-electron chi connectivity index (χ0n) is 12.2. The highest BCUT2D eigenvalue weighted by atomic mass is 19.1. The maximum Gasteiger partial charge on any atom is 0.220 e. The molecule has 110 valence electrons. The molecule has 1 atom stereocenters. The van der Waals surface area contributed by atoms with Crippen molar-refractivity contribution in [3.8, 4) is 0 Å². The molecule has 20 heavy (non-hydrogen) atoms. The predicted octanol–water partition coefficient (Wildman–Crippen LogP) is 2.72. The second-order valence-corrected chi connectivity index (χ2v) is 5.98. The van der Waals surface area contributed by atoms with E-state index >= 15 is 0 Å². The van der Waals surface area contributed by atoms with E-state index in [9.17, 15) is 9.18 Å². The van der Waals surface area contributed by atoms with Gasteiger partial charge in [0.25, 0.3) is 0 Å². The van der Waals surface area contributed by atoms with Gasteiger partial charge < -0.3 is 10.6 Å². The van der Waals surface area contributed by atoms with Crippen molar-refractivity contribution in [1.82, 2.24) is 4.90 Å². The molecule has 1 unspecified atom stereocenters. The van der Waals surface area contributed by atoms with E-state index in [1.54, 1.807) is 12.1 Å². The molecule has 1 fully saturated rings. The fourth-order valence-electron chi connectivity index (χ4n) is 3.40. The molecule has 2 N–H and O–H groups in total. The van der Waals surface area contributed by atoms with Gasteiger partial charge in [-0.3, -0.25) is 4.79 Å². The van der Waals surface area contributed by atoms with E-state index < -0.39 is 0 Å². The maximum absolute atomic E-state index is 13.4. The molecule has 0 heterocycles. The van der Waals surface area contributed by atoms with Crippen LogP contribution in [0.25, 0.3) is 0 Å². The van der Waals surface area contributed by atoms with E-state index in [2.05, 4.69) is 4.90 Å². The highest BCUT2D eigenvalue weighted by Crippen LogP contribution is 2.39.